The van der Waals surface area contributed by atoms with E-state index < -0.39 is 5.41 Å². The fourth-order valence-electron chi connectivity index (χ4n) is 10.0. The highest BCUT2D eigenvalue weighted by atomic mass is 16.3. The predicted molar refractivity (Wildman–Crippen MR) is 254 cm³/mol. The van der Waals surface area contributed by atoms with E-state index in [1.807, 2.05) is 0 Å². The molecule has 0 saturated carbocycles. The highest BCUT2D eigenvalue weighted by Crippen LogP contribution is 2.57. The van der Waals surface area contributed by atoms with Crippen LogP contribution in [-0.2, 0) is 5.41 Å². The molecule has 61 heavy (non-hydrogen) atoms. The van der Waals surface area contributed by atoms with Crippen LogP contribution in [0.15, 0.2) is 241 Å². The Hall–Kier alpha value is -7.94. The van der Waals surface area contributed by atoms with Crippen LogP contribution in [0.4, 0.5) is 17.1 Å². The summed E-state index contributed by atoms with van der Waals surface area (Å²) in [4.78, 5) is 2.40. The molecular weight excluding hydrogens is 739 g/mol. The van der Waals surface area contributed by atoms with Crippen LogP contribution < -0.4 is 4.90 Å². The minimum atomic E-state index is -0.542. The summed E-state index contributed by atoms with van der Waals surface area (Å²) in [6, 6.07) is 85.9. The number of furan rings is 1. The number of nitrogens with zero attached hydrogens (tertiary/aromatic N) is 1. The van der Waals surface area contributed by atoms with Crippen LogP contribution in [0, 0.1) is 0 Å². The van der Waals surface area contributed by atoms with Gasteiger partial charge in [-0.3, -0.25) is 0 Å². The smallest absolute Gasteiger partial charge is 0.160 e. The van der Waals surface area contributed by atoms with Crippen molar-refractivity contribution < 1.29 is 4.42 Å². The Kier molecular flexibility index (Phi) is 8.11. The highest BCUT2D eigenvalue weighted by molar-refractivity contribution is 6.19. The Morgan fingerprint density at radius 1 is 0.361 bits per heavy atom. The van der Waals surface area contributed by atoms with Crippen molar-refractivity contribution in [2.24, 2.45) is 0 Å². The summed E-state index contributed by atoms with van der Waals surface area (Å²) < 4.78 is 7.15. The molecule has 0 N–H and O–H groups in total. The van der Waals surface area contributed by atoms with Crippen molar-refractivity contribution >= 4 is 49.8 Å². The van der Waals surface area contributed by atoms with Gasteiger partial charge in [0.25, 0.3) is 0 Å². The number of fused-ring (bicyclic) bond motifs is 7. The first-order valence-corrected chi connectivity index (χ1v) is 21.0. The van der Waals surface area contributed by atoms with Crippen LogP contribution in [0.2, 0.25) is 0 Å². The van der Waals surface area contributed by atoms with Gasteiger partial charge in [0.2, 0.25) is 0 Å². The van der Waals surface area contributed by atoms with E-state index in [2.05, 4.69) is 241 Å². The molecule has 0 unspecified atom stereocenters. The molecule has 10 aromatic carbocycles. The van der Waals surface area contributed by atoms with Crippen molar-refractivity contribution in [3.05, 3.63) is 259 Å². The van der Waals surface area contributed by atoms with E-state index in [0.717, 1.165) is 55.5 Å². The topological polar surface area (TPSA) is 16.4 Å². The third kappa shape index (κ3) is 5.50. The molecule has 1 aromatic heterocycles. The summed E-state index contributed by atoms with van der Waals surface area (Å²) in [5.74, 6) is 0. The van der Waals surface area contributed by atoms with Crippen LogP contribution in [0.5, 0.6) is 0 Å². The first-order chi connectivity index (χ1) is 30.3. The van der Waals surface area contributed by atoms with E-state index in [0.29, 0.717) is 0 Å². The zero-order valence-corrected chi connectivity index (χ0v) is 33.4. The fraction of sp³-hybridized carbons (Fsp3) is 0.0169. The molecular formula is C59H39NO. The Labute approximate surface area is 355 Å². The molecule has 1 heterocycles. The van der Waals surface area contributed by atoms with Gasteiger partial charge < -0.3 is 9.32 Å². The van der Waals surface area contributed by atoms with Gasteiger partial charge in [0.15, 0.2) is 5.58 Å². The fourth-order valence-corrected chi connectivity index (χ4v) is 10.0. The lowest BCUT2D eigenvalue weighted by Gasteiger charge is -2.35. The largest absolute Gasteiger partial charge is 0.454 e. The zero-order chi connectivity index (χ0) is 40.3. The van der Waals surface area contributed by atoms with E-state index in [-0.39, 0.29) is 0 Å². The van der Waals surface area contributed by atoms with Crippen molar-refractivity contribution in [1.29, 1.82) is 0 Å². The van der Waals surface area contributed by atoms with Gasteiger partial charge in [-0.25, -0.2) is 0 Å². The standard InChI is InChI=1S/C59H39NO/c1-5-17-40(18-6-1)41-29-31-47(32-30-41)60(55-36-35-49(42-19-7-2-8-20-42)57-52-37-43-21-13-14-22-44(43)38-56(52)61-58(55)57)48-33-34-51-50-27-15-16-28-53(50)59(54(51)39-48,45-23-9-3-10-24-45)46-25-11-4-12-26-46/h1-39H. The van der Waals surface area contributed by atoms with Gasteiger partial charge >= 0.3 is 0 Å². The van der Waals surface area contributed by atoms with Crippen molar-refractivity contribution in [3.8, 4) is 33.4 Å². The molecule has 12 rings (SSSR count). The Morgan fingerprint density at radius 2 is 0.885 bits per heavy atom. The number of hydrogen-bond acceptors (Lipinski definition) is 2. The summed E-state index contributed by atoms with van der Waals surface area (Å²) in [5, 5.41) is 4.55. The molecule has 0 spiro atoms. The summed E-state index contributed by atoms with van der Waals surface area (Å²) in [7, 11) is 0. The molecule has 2 heteroatoms. The number of benzene rings is 10. The monoisotopic (exact) mass is 777 g/mol. The average Bonchev–Trinajstić information content (AvgIpc) is 3.86. The maximum atomic E-state index is 7.15. The van der Waals surface area contributed by atoms with E-state index in [1.165, 1.54) is 49.9 Å². The van der Waals surface area contributed by atoms with Crippen LogP contribution >= 0.6 is 0 Å². The maximum Gasteiger partial charge on any atom is 0.160 e. The summed E-state index contributed by atoms with van der Waals surface area (Å²) in [5.41, 5.74) is 16.4. The van der Waals surface area contributed by atoms with Crippen molar-refractivity contribution in [1.82, 2.24) is 0 Å². The molecule has 0 atom stereocenters. The predicted octanol–water partition coefficient (Wildman–Crippen LogP) is 15.9. The highest BCUT2D eigenvalue weighted by Gasteiger charge is 2.46. The molecule has 286 valence electrons. The molecule has 0 fully saturated rings. The SMILES string of the molecule is c1ccc(-c2ccc(N(c3ccc4c(c3)C(c3ccccc3)(c3ccccc3)c3ccccc3-4)c3ccc(-c4ccccc4)c4c3oc3cc5ccccc5cc34)cc2)cc1. The molecule has 0 bridgehead atoms. The quantitative estimate of drug-likeness (QED) is 0.160. The second-order valence-electron chi connectivity index (χ2n) is 16.0. The number of rotatable bonds is 7. The molecule has 0 saturated heterocycles. The summed E-state index contributed by atoms with van der Waals surface area (Å²) >= 11 is 0. The third-order valence-corrected chi connectivity index (χ3v) is 12.7. The summed E-state index contributed by atoms with van der Waals surface area (Å²) in [6.07, 6.45) is 0. The zero-order valence-electron chi connectivity index (χ0n) is 33.4. The third-order valence-electron chi connectivity index (χ3n) is 12.7. The lowest BCUT2D eigenvalue weighted by molar-refractivity contribution is 0.669. The summed E-state index contributed by atoms with van der Waals surface area (Å²) in [6.45, 7) is 0. The Morgan fingerprint density at radius 3 is 1.57 bits per heavy atom. The Bertz CT molecular complexity index is 3350. The molecule has 11 aromatic rings. The second kappa shape index (κ2) is 14.1. The number of anilines is 3. The lowest BCUT2D eigenvalue weighted by Crippen LogP contribution is -2.28. The average molecular weight is 778 g/mol. The van der Waals surface area contributed by atoms with Gasteiger partial charge in [0.1, 0.15) is 5.58 Å². The molecule has 1 aliphatic carbocycles. The van der Waals surface area contributed by atoms with Crippen LogP contribution in [-0.4, -0.2) is 0 Å². The van der Waals surface area contributed by atoms with E-state index in [9.17, 15) is 0 Å². The first kappa shape index (κ1) is 35.0. The normalized spacial score (nSPS) is 12.7. The Balaban J connectivity index is 1.16. The van der Waals surface area contributed by atoms with Crippen LogP contribution in [0.25, 0.3) is 66.1 Å². The first-order valence-electron chi connectivity index (χ1n) is 21.0. The van der Waals surface area contributed by atoms with E-state index in [4.69, 9.17) is 4.42 Å². The van der Waals surface area contributed by atoms with Gasteiger partial charge in [-0.05, 0) is 109 Å². The van der Waals surface area contributed by atoms with Gasteiger partial charge in [-0.15, -0.1) is 0 Å². The molecule has 0 aliphatic heterocycles. The minimum absolute atomic E-state index is 0.542. The van der Waals surface area contributed by atoms with Gasteiger partial charge in [0.05, 0.1) is 11.1 Å². The second-order valence-corrected chi connectivity index (χ2v) is 16.0. The lowest BCUT2D eigenvalue weighted by atomic mass is 9.67. The molecule has 0 amide bonds. The van der Waals surface area contributed by atoms with Crippen LogP contribution in [0.3, 0.4) is 0 Å². The van der Waals surface area contributed by atoms with E-state index >= 15 is 0 Å². The van der Waals surface area contributed by atoms with Crippen molar-refractivity contribution in [3.63, 3.8) is 0 Å². The van der Waals surface area contributed by atoms with Crippen molar-refractivity contribution in [2.75, 3.05) is 4.90 Å². The van der Waals surface area contributed by atoms with Gasteiger partial charge in [-0.2, -0.15) is 0 Å². The van der Waals surface area contributed by atoms with E-state index in [1.54, 1.807) is 0 Å². The molecule has 2 nitrogen and oxygen atoms in total. The maximum absolute atomic E-state index is 7.15. The van der Waals surface area contributed by atoms with Crippen LogP contribution in [0.1, 0.15) is 22.3 Å². The minimum Gasteiger partial charge on any atom is -0.454 e. The van der Waals surface area contributed by atoms with Gasteiger partial charge in [-0.1, -0.05) is 194 Å². The molecule has 1 aliphatic rings. The molecule has 0 radical (unpaired) electrons. The number of hydrogen-bond donors (Lipinski definition) is 0. The van der Waals surface area contributed by atoms with Gasteiger partial charge in [0, 0.05) is 22.1 Å². The van der Waals surface area contributed by atoms with Crippen molar-refractivity contribution in [2.45, 2.75) is 5.41 Å².